The lowest BCUT2D eigenvalue weighted by atomic mass is 10.2. The molecule has 0 aliphatic rings. The molecule has 3 heteroatoms. The molecular weight excluding hydrogens is 224 g/mol. The molecule has 0 radical (unpaired) electrons. The number of nitrogens with zero attached hydrogens (tertiary/aromatic N) is 2. The minimum absolute atomic E-state index is 0.288. The lowest BCUT2D eigenvalue weighted by molar-refractivity contribution is 0.0993. The molecule has 0 aliphatic heterocycles. The molecule has 2 aromatic rings. The number of carbonyl (C=O) groups is 1. The summed E-state index contributed by atoms with van der Waals surface area (Å²) in [6, 6.07) is 19.0. The van der Waals surface area contributed by atoms with Crippen LogP contribution in [-0.2, 0) is 6.42 Å². The van der Waals surface area contributed by atoms with Crippen molar-refractivity contribution in [1.82, 2.24) is 0 Å². The Bertz CT molecular complexity index is 521. The van der Waals surface area contributed by atoms with Crippen LogP contribution in [0.2, 0.25) is 0 Å². The van der Waals surface area contributed by atoms with Gasteiger partial charge in [-0.25, -0.2) is 0 Å². The molecule has 0 saturated heterocycles. The molecule has 0 N–H and O–H groups in total. The Hall–Kier alpha value is -2.29. The van der Waals surface area contributed by atoms with Crippen molar-refractivity contribution in [1.29, 1.82) is 0 Å². The van der Waals surface area contributed by atoms with Crippen molar-refractivity contribution >= 4 is 5.91 Å². The number of benzene rings is 2. The number of amides is 1. The Morgan fingerprint density at radius 1 is 0.889 bits per heavy atom. The van der Waals surface area contributed by atoms with Gasteiger partial charge in [-0.3, -0.25) is 4.79 Å². The van der Waals surface area contributed by atoms with E-state index in [0.29, 0.717) is 12.1 Å². The van der Waals surface area contributed by atoms with Gasteiger partial charge in [-0.2, -0.15) is 5.11 Å². The van der Waals surface area contributed by atoms with Gasteiger partial charge in [-0.05, 0) is 24.1 Å². The van der Waals surface area contributed by atoms with Gasteiger partial charge in [-0.15, -0.1) is 5.11 Å². The standard InChI is InChI=1S/C15H14N2O/c18-15(14-9-5-2-6-10-14)17-16-12-11-13-7-3-1-4-8-13/h1-10H,11-12H2. The molecule has 0 heterocycles. The molecule has 0 fully saturated rings. The molecule has 18 heavy (non-hydrogen) atoms. The zero-order valence-electron chi connectivity index (χ0n) is 9.99. The molecule has 0 aliphatic carbocycles. The van der Waals surface area contributed by atoms with Crippen LogP contribution in [0.15, 0.2) is 70.9 Å². The van der Waals surface area contributed by atoms with Gasteiger partial charge in [0.15, 0.2) is 0 Å². The second-order valence-corrected chi connectivity index (χ2v) is 3.87. The van der Waals surface area contributed by atoms with Crippen LogP contribution in [0, 0.1) is 0 Å². The molecule has 0 unspecified atom stereocenters. The third-order valence-corrected chi connectivity index (χ3v) is 2.53. The fourth-order valence-corrected chi connectivity index (χ4v) is 1.58. The third-order valence-electron chi connectivity index (χ3n) is 2.53. The molecule has 3 nitrogen and oxygen atoms in total. The van der Waals surface area contributed by atoms with Crippen LogP contribution in [0.3, 0.4) is 0 Å². The molecule has 90 valence electrons. The summed E-state index contributed by atoms with van der Waals surface area (Å²) in [4.78, 5) is 11.6. The number of rotatable bonds is 4. The van der Waals surface area contributed by atoms with Crippen LogP contribution in [-0.4, -0.2) is 12.5 Å². The van der Waals surface area contributed by atoms with E-state index in [2.05, 4.69) is 10.2 Å². The first kappa shape index (κ1) is 12.2. The summed E-state index contributed by atoms with van der Waals surface area (Å²) in [5, 5.41) is 7.61. The van der Waals surface area contributed by atoms with Crippen LogP contribution >= 0.6 is 0 Å². The van der Waals surface area contributed by atoms with E-state index < -0.39 is 0 Å². The summed E-state index contributed by atoms with van der Waals surface area (Å²) in [5.41, 5.74) is 1.77. The van der Waals surface area contributed by atoms with Gasteiger partial charge >= 0.3 is 0 Å². The Morgan fingerprint density at radius 3 is 2.17 bits per heavy atom. The van der Waals surface area contributed by atoms with Crippen LogP contribution in [0.25, 0.3) is 0 Å². The fraction of sp³-hybridized carbons (Fsp3) is 0.133. The molecule has 0 saturated carbocycles. The smallest absolute Gasteiger partial charge is 0.265 e. The largest absolute Gasteiger partial charge is 0.295 e. The van der Waals surface area contributed by atoms with E-state index >= 15 is 0 Å². The predicted octanol–water partition coefficient (Wildman–Crippen LogP) is 3.52. The highest BCUT2D eigenvalue weighted by molar-refractivity contribution is 5.94. The van der Waals surface area contributed by atoms with Crippen molar-refractivity contribution in [3.63, 3.8) is 0 Å². The first-order valence-corrected chi connectivity index (χ1v) is 5.87. The zero-order valence-corrected chi connectivity index (χ0v) is 9.99. The maximum Gasteiger partial charge on any atom is 0.295 e. The fourth-order valence-electron chi connectivity index (χ4n) is 1.58. The summed E-state index contributed by atoms with van der Waals surface area (Å²) >= 11 is 0. The number of hydrogen-bond acceptors (Lipinski definition) is 2. The maximum absolute atomic E-state index is 11.6. The molecule has 0 atom stereocenters. The summed E-state index contributed by atoms with van der Waals surface area (Å²) in [6.45, 7) is 0.530. The number of carbonyl (C=O) groups excluding carboxylic acids is 1. The summed E-state index contributed by atoms with van der Waals surface area (Å²) in [6.07, 6.45) is 0.798. The van der Waals surface area contributed by atoms with Crippen LogP contribution in [0.4, 0.5) is 0 Å². The predicted molar refractivity (Wildman–Crippen MR) is 70.6 cm³/mol. The van der Waals surface area contributed by atoms with Gasteiger partial charge in [0.25, 0.3) is 5.91 Å². The first-order chi connectivity index (χ1) is 8.86. The van der Waals surface area contributed by atoms with Crippen molar-refractivity contribution in [3.05, 3.63) is 71.8 Å². The average molecular weight is 238 g/mol. The summed E-state index contributed by atoms with van der Waals surface area (Å²) < 4.78 is 0. The second kappa shape index (κ2) is 6.45. The van der Waals surface area contributed by atoms with E-state index in [1.54, 1.807) is 12.1 Å². The highest BCUT2D eigenvalue weighted by atomic mass is 16.1. The van der Waals surface area contributed by atoms with Crippen molar-refractivity contribution in [2.75, 3.05) is 6.54 Å². The van der Waals surface area contributed by atoms with Crippen molar-refractivity contribution < 1.29 is 4.79 Å². The quantitative estimate of drug-likeness (QED) is 0.751. The summed E-state index contributed by atoms with van der Waals surface area (Å²) in [5.74, 6) is -0.288. The molecular formula is C15H14N2O. The van der Waals surface area contributed by atoms with E-state index in [1.165, 1.54) is 5.56 Å². The molecule has 2 rings (SSSR count). The van der Waals surface area contributed by atoms with Crippen molar-refractivity contribution in [3.8, 4) is 0 Å². The van der Waals surface area contributed by atoms with Crippen molar-refractivity contribution in [2.24, 2.45) is 10.2 Å². The van der Waals surface area contributed by atoms with Gasteiger partial charge in [0, 0.05) is 5.56 Å². The lowest BCUT2D eigenvalue weighted by Gasteiger charge is -1.96. The summed E-state index contributed by atoms with van der Waals surface area (Å²) in [7, 11) is 0. The lowest BCUT2D eigenvalue weighted by Crippen LogP contribution is -1.94. The van der Waals surface area contributed by atoms with E-state index in [9.17, 15) is 4.79 Å². The van der Waals surface area contributed by atoms with E-state index in [1.807, 2.05) is 48.5 Å². The minimum atomic E-state index is -0.288. The SMILES string of the molecule is O=C(N=NCCc1ccccc1)c1ccccc1. The average Bonchev–Trinajstić information content (AvgIpc) is 2.45. The Labute approximate surface area is 106 Å². The molecule has 2 aromatic carbocycles. The van der Waals surface area contributed by atoms with Gasteiger partial charge in [-0.1, -0.05) is 48.5 Å². The van der Waals surface area contributed by atoms with Crippen LogP contribution in [0.1, 0.15) is 15.9 Å². The van der Waals surface area contributed by atoms with Crippen LogP contribution in [0.5, 0.6) is 0 Å². The molecule has 0 bridgehead atoms. The topological polar surface area (TPSA) is 41.8 Å². The highest BCUT2D eigenvalue weighted by Gasteiger charge is 2.01. The Kier molecular flexibility index (Phi) is 4.36. The van der Waals surface area contributed by atoms with E-state index in [4.69, 9.17) is 0 Å². The molecule has 1 amide bonds. The number of hydrogen-bond donors (Lipinski definition) is 0. The van der Waals surface area contributed by atoms with E-state index in [0.717, 1.165) is 6.42 Å². The van der Waals surface area contributed by atoms with Gasteiger partial charge in [0.2, 0.25) is 0 Å². The van der Waals surface area contributed by atoms with Crippen molar-refractivity contribution in [2.45, 2.75) is 6.42 Å². The zero-order chi connectivity index (χ0) is 12.6. The monoisotopic (exact) mass is 238 g/mol. The normalized spacial score (nSPS) is 10.7. The minimum Gasteiger partial charge on any atom is -0.265 e. The maximum atomic E-state index is 11.6. The van der Waals surface area contributed by atoms with Gasteiger partial charge in [0.05, 0.1) is 6.54 Å². The molecule has 0 spiro atoms. The number of azo groups is 1. The second-order valence-electron chi connectivity index (χ2n) is 3.87. The first-order valence-electron chi connectivity index (χ1n) is 5.87. The Morgan fingerprint density at radius 2 is 1.50 bits per heavy atom. The van der Waals surface area contributed by atoms with Gasteiger partial charge in [0.1, 0.15) is 0 Å². The molecule has 0 aromatic heterocycles. The Balaban J connectivity index is 1.84. The third kappa shape index (κ3) is 3.63. The highest BCUT2D eigenvalue weighted by Crippen LogP contribution is 2.02. The van der Waals surface area contributed by atoms with E-state index in [-0.39, 0.29) is 5.91 Å². The van der Waals surface area contributed by atoms with Gasteiger partial charge < -0.3 is 0 Å². The van der Waals surface area contributed by atoms with Crippen LogP contribution < -0.4 is 0 Å².